The van der Waals surface area contributed by atoms with Crippen LogP contribution in [0.3, 0.4) is 0 Å². The first-order chi connectivity index (χ1) is 8.29. The molecule has 6 heteroatoms. The molecular formula is C11H11N5S. The number of fused-ring (bicyclic) bond motifs is 1. The van der Waals surface area contributed by atoms with Crippen molar-refractivity contribution in [1.82, 2.24) is 19.8 Å². The lowest BCUT2D eigenvalue weighted by Crippen LogP contribution is -1.98. The molecular weight excluding hydrogens is 234 g/mol. The van der Waals surface area contributed by atoms with Gasteiger partial charge in [0.2, 0.25) is 4.96 Å². The minimum Gasteiger partial charge on any atom is -0.324 e. The van der Waals surface area contributed by atoms with Crippen LogP contribution in [0.15, 0.2) is 24.3 Å². The molecule has 0 atom stereocenters. The van der Waals surface area contributed by atoms with Gasteiger partial charge in [0.05, 0.1) is 0 Å². The summed E-state index contributed by atoms with van der Waals surface area (Å²) in [7, 11) is 0. The molecule has 2 aromatic heterocycles. The average molecular weight is 245 g/mol. The molecule has 2 heterocycles. The summed E-state index contributed by atoms with van der Waals surface area (Å²) in [5, 5.41) is 13.6. The fourth-order valence-electron chi connectivity index (χ4n) is 1.73. The highest BCUT2D eigenvalue weighted by Gasteiger charge is 2.13. The maximum absolute atomic E-state index is 5.58. The first kappa shape index (κ1) is 10.4. The van der Waals surface area contributed by atoms with E-state index in [1.807, 2.05) is 31.2 Å². The van der Waals surface area contributed by atoms with Gasteiger partial charge in [-0.15, -0.1) is 10.2 Å². The highest BCUT2D eigenvalue weighted by Crippen LogP contribution is 2.23. The fourth-order valence-corrected chi connectivity index (χ4v) is 2.44. The zero-order valence-corrected chi connectivity index (χ0v) is 10.1. The second kappa shape index (κ2) is 3.90. The van der Waals surface area contributed by atoms with E-state index in [0.29, 0.717) is 6.54 Å². The zero-order chi connectivity index (χ0) is 11.8. The molecule has 3 rings (SSSR count). The second-order valence-corrected chi connectivity index (χ2v) is 4.77. The van der Waals surface area contributed by atoms with Gasteiger partial charge in [-0.3, -0.25) is 0 Å². The highest BCUT2D eigenvalue weighted by atomic mass is 32.1. The van der Waals surface area contributed by atoms with Crippen LogP contribution in [0.1, 0.15) is 10.6 Å². The van der Waals surface area contributed by atoms with Crippen molar-refractivity contribution in [2.75, 3.05) is 0 Å². The summed E-state index contributed by atoms with van der Waals surface area (Å²) < 4.78 is 1.76. The van der Waals surface area contributed by atoms with Gasteiger partial charge in [0, 0.05) is 12.1 Å². The van der Waals surface area contributed by atoms with Crippen LogP contribution in [0.4, 0.5) is 0 Å². The number of nitrogens with two attached hydrogens (primary N) is 1. The van der Waals surface area contributed by atoms with E-state index in [0.717, 1.165) is 26.9 Å². The molecule has 3 aromatic rings. The number of rotatable bonds is 2. The molecule has 0 saturated heterocycles. The van der Waals surface area contributed by atoms with Crippen molar-refractivity contribution in [1.29, 1.82) is 0 Å². The van der Waals surface area contributed by atoms with Gasteiger partial charge in [0.25, 0.3) is 0 Å². The summed E-state index contributed by atoms with van der Waals surface area (Å²) in [5.74, 6) is 0.772. The number of hydrogen-bond acceptors (Lipinski definition) is 5. The van der Waals surface area contributed by atoms with E-state index < -0.39 is 0 Å². The molecule has 0 fully saturated rings. The summed E-state index contributed by atoms with van der Waals surface area (Å²) in [6.45, 7) is 2.48. The third-order valence-corrected chi connectivity index (χ3v) is 3.51. The molecule has 0 aliphatic rings. The summed E-state index contributed by atoms with van der Waals surface area (Å²) in [4.78, 5) is 0.781. The maximum Gasteiger partial charge on any atom is 0.235 e. The molecule has 0 radical (unpaired) electrons. The minimum atomic E-state index is 0.432. The van der Waals surface area contributed by atoms with Crippen LogP contribution in [0.2, 0.25) is 0 Å². The second-order valence-electron chi connectivity index (χ2n) is 3.73. The third kappa shape index (κ3) is 1.62. The van der Waals surface area contributed by atoms with Crippen LogP contribution in [0, 0.1) is 6.92 Å². The Kier molecular flexibility index (Phi) is 2.38. The van der Waals surface area contributed by atoms with Crippen molar-refractivity contribution in [2.24, 2.45) is 5.73 Å². The van der Waals surface area contributed by atoms with E-state index in [9.17, 15) is 0 Å². The van der Waals surface area contributed by atoms with E-state index in [4.69, 9.17) is 5.73 Å². The number of aromatic nitrogens is 4. The molecule has 0 bridgehead atoms. The fraction of sp³-hybridized carbons (Fsp3) is 0.182. The molecule has 0 aliphatic heterocycles. The highest BCUT2D eigenvalue weighted by molar-refractivity contribution is 7.16. The Bertz CT molecular complexity index is 669. The van der Waals surface area contributed by atoms with Crippen molar-refractivity contribution in [3.05, 3.63) is 34.8 Å². The van der Waals surface area contributed by atoms with Crippen molar-refractivity contribution < 1.29 is 0 Å². The van der Waals surface area contributed by atoms with E-state index in [2.05, 4.69) is 15.3 Å². The van der Waals surface area contributed by atoms with Crippen LogP contribution < -0.4 is 5.73 Å². The van der Waals surface area contributed by atoms with Crippen molar-refractivity contribution >= 4 is 16.3 Å². The predicted molar refractivity (Wildman–Crippen MR) is 66.7 cm³/mol. The van der Waals surface area contributed by atoms with Crippen LogP contribution >= 0.6 is 11.3 Å². The average Bonchev–Trinajstić information content (AvgIpc) is 2.89. The van der Waals surface area contributed by atoms with Crippen LogP contribution in [-0.4, -0.2) is 19.8 Å². The molecule has 0 unspecified atom stereocenters. The van der Waals surface area contributed by atoms with Gasteiger partial charge in [0.1, 0.15) is 5.01 Å². The van der Waals surface area contributed by atoms with Gasteiger partial charge in [-0.25, -0.2) is 0 Å². The normalized spacial score (nSPS) is 11.2. The summed E-state index contributed by atoms with van der Waals surface area (Å²) in [5.41, 5.74) is 7.78. The molecule has 0 saturated carbocycles. The van der Waals surface area contributed by atoms with Gasteiger partial charge in [-0.2, -0.15) is 9.61 Å². The molecule has 0 aliphatic carbocycles. The van der Waals surface area contributed by atoms with Gasteiger partial charge >= 0.3 is 0 Å². The minimum absolute atomic E-state index is 0.432. The summed E-state index contributed by atoms with van der Waals surface area (Å²) in [6.07, 6.45) is 0. The third-order valence-electron chi connectivity index (χ3n) is 2.59. The molecule has 86 valence electrons. The Morgan fingerprint density at radius 3 is 2.88 bits per heavy atom. The monoisotopic (exact) mass is 245 g/mol. The summed E-state index contributed by atoms with van der Waals surface area (Å²) >= 11 is 1.47. The van der Waals surface area contributed by atoms with Gasteiger partial charge in [0.15, 0.2) is 5.82 Å². The SMILES string of the molecule is Cc1ccccc1-c1nnc2sc(CN)nn12. The smallest absolute Gasteiger partial charge is 0.235 e. The molecule has 0 amide bonds. The van der Waals surface area contributed by atoms with Crippen molar-refractivity contribution in [3.8, 4) is 11.4 Å². The lowest BCUT2D eigenvalue weighted by molar-refractivity contribution is 0.893. The van der Waals surface area contributed by atoms with Gasteiger partial charge in [-0.1, -0.05) is 35.6 Å². The lowest BCUT2D eigenvalue weighted by Gasteiger charge is -2.00. The van der Waals surface area contributed by atoms with E-state index in [-0.39, 0.29) is 0 Å². The van der Waals surface area contributed by atoms with Crippen molar-refractivity contribution in [3.63, 3.8) is 0 Å². The number of aryl methyl sites for hydroxylation is 1. The van der Waals surface area contributed by atoms with E-state index >= 15 is 0 Å². The molecule has 1 aromatic carbocycles. The summed E-state index contributed by atoms with van der Waals surface area (Å²) in [6, 6.07) is 8.06. The maximum atomic E-state index is 5.58. The van der Waals surface area contributed by atoms with E-state index in [1.54, 1.807) is 4.52 Å². The number of hydrogen-bond donors (Lipinski definition) is 1. The molecule has 2 N–H and O–H groups in total. The van der Waals surface area contributed by atoms with Gasteiger partial charge in [-0.05, 0) is 12.5 Å². The first-order valence-corrected chi connectivity index (χ1v) is 6.08. The first-order valence-electron chi connectivity index (χ1n) is 5.27. The largest absolute Gasteiger partial charge is 0.324 e. The zero-order valence-electron chi connectivity index (χ0n) is 9.29. The van der Waals surface area contributed by atoms with E-state index in [1.165, 1.54) is 11.3 Å². The molecule has 17 heavy (non-hydrogen) atoms. The molecule has 5 nitrogen and oxygen atoms in total. The lowest BCUT2D eigenvalue weighted by atomic mass is 10.1. The Morgan fingerprint density at radius 2 is 2.12 bits per heavy atom. The topological polar surface area (TPSA) is 69.1 Å². The number of nitrogens with zero attached hydrogens (tertiary/aromatic N) is 4. The Balaban J connectivity index is 2.23. The van der Waals surface area contributed by atoms with Crippen LogP contribution in [-0.2, 0) is 6.54 Å². The molecule has 0 spiro atoms. The Hall–Kier alpha value is -1.79. The van der Waals surface area contributed by atoms with Crippen LogP contribution in [0.25, 0.3) is 16.3 Å². The van der Waals surface area contributed by atoms with Crippen LogP contribution in [0.5, 0.6) is 0 Å². The predicted octanol–water partition coefficient (Wildman–Crippen LogP) is 1.62. The van der Waals surface area contributed by atoms with Gasteiger partial charge < -0.3 is 5.73 Å². The Morgan fingerprint density at radius 1 is 1.29 bits per heavy atom. The Labute approximate surface area is 102 Å². The number of benzene rings is 1. The van der Waals surface area contributed by atoms with Crippen molar-refractivity contribution in [2.45, 2.75) is 13.5 Å². The quantitative estimate of drug-likeness (QED) is 0.745. The standard InChI is InChI=1S/C11H11N5S/c1-7-4-2-3-5-8(7)10-13-14-11-16(10)15-9(6-12)17-11/h2-5H,6,12H2,1H3.